The Hall–Kier alpha value is -0.750. The van der Waals surface area contributed by atoms with Gasteiger partial charge in [0.25, 0.3) is 0 Å². The Balaban J connectivity index is 1.94. The molecule has 0 spiro atoms. The summed E-state index contributed by atoms with van der Waals surface area (Å²) in [5.74, 6) is -0.905. The molecule has 0 amide bonds. The first kappa shape index (κ1) is 13.7. The molecule has 1 aromatic heterocycles. The fourth-order valence-corrected chi connectivity index (χ4v) is 3.90. The largest absolute Gasteiger partial charge is 0.477 e. The van der Waals surface area contributed by atoms with Crippen molar-refractivity contribution in [2.24, 2.45) is 0 Å². The number of anilines is 1. The number of thioether (sulfide) groups is 1. The topological polar surface area (TPSA) is 62.2 Å². The molecule has 4 nitrogen and oxygen atoms in total. The molecule has 2 N–H and O–H groups in total. The summed E-state index contributed by atoms with van der Waals surface area (Å²) in [6.07, 6.45) is 9.97. The van der Waals surface area contributed by atoms with E-state index in [1.807, 2.05) is 11.8 Å². The summed E-state index contributed by atoms with van der Waals surface area (Å²) in [6, 6.07) is 0. The molecule has 0 atom stereocenters. The minimum absolute atomic E-state index is 0.291. The van der Waals surface area contributed by atoms with Gasteiger partial charge in [0, 0.05) is 11.3 Å². The van der Waals surface area contributed by atoms with Crippen molar-refractivity contribution in [2.75, 3.05) is 18.1 Å². The van der Waals surface area contributed by atoms with Crippen LogP contribution in [0, 0.1) is 0 Å². The third kappa shape index (κ3) is 3.17. The van der Waals surface area contributed by atoms with E-state index in [1.54, 1.807) is 0 Å². The molecule has 0 saturated heterocycles. The summed E-state index contributed by atoms with van der Waals surface area (Å²) >= 11 is 3.13. The molecular weight excluding hydrogens is 268 g/mol. The third-order valence-electron chi connectivity index (χ3n) is 3.48. The van der Waals surface area contributed by atoms with Gasteiger partial charge in [-0.2, -0.15) is 11.8 Å². The molecule has 1 fully saturated rings. The highest BCUT2D eigenvalue weighted by Gasteiger charge is 2.31. The molecule has 1 aromatic rings. The molecule has 6 heteroatoms. The van der Waals surface area contributed by atoms with E-state index >= 15 is 0 Å². The Morgan fingerprint density at radius 2 is 2.28 bits per heavy atom. The number of hydrogen-bond donors (Lipinski definition) is 2. The number of nitrogens with one attached hydrogen (secondary N) is 1. The van der Waals surface area contributed by atoms with Crippen molar-refractivity contribution in [1.82, 2.24) is 4.98 Å². The van der Waals surface area contributed by atoms with E-state index < -0.39 is 5.97 Å². The van der Waals surface area contributed by atoms with Gasteiger partial charge in [-0.1, -0.05) is 30.6 Å². The van der Waals surface area contributed by atoms with Gasteiger partial charge in [-0.3, -0.25) is 0 Å². The summed E-state index contributed by atoms with van der Waals surface area (Å²) in [4.78, 5) is 15.2. The third-order valence-corrected chi connectivity index (χ3v) is 5.84. The highest BCUT2D eigenvalue weighted by atomic mass is 32.2. The van der Waals surface area contributed by atoms with Crippen molar-refractivity contribution in [1.29, 1.82) is 0 Å². The number of hydrogen-bond acceptors (Lipinski definition) is 5. The van der Waals surface area contributed by atoms with E-state index in [2.05, 4.69) is 16.6 Å². The van der Waals surface area contributed by atoms with Crippen molar-refractivity contribution in [3.63, 3.8) is 0 Å². The number of carboxylic acid groups (broad SMARTS) is 1. The van der Waals surface area contributed by atoms with Gasteiger partial charge in [0.15, 0.2) is 5.13 Å². The monoisotopic (exact) mass is 286 g/mol. The second-order valence-corrected chi connectivity index (χ2v) is 6.94. The lowest BCUT2D eigenvalue weighted by Crippen LogP contribution is -2.35. The zero-order valence-electron chi connectivity index (χ0n) is 10.4. The van der Waals surface area contributed by atoms with Crippen LogP contribution in [0.3, 0.4) is 0 Å². The van der Waals surface area contributed by atoms with E-state index in [0.29, 0.717) is 14.8 Å². The molecule has 1 heterocycles. The van der Waals surface area contributed by atoms with Gasteiger partial charge < -0.3 is 10.4 Å². The van der Waals surface area contributed by atoms with Crippen LogP contribution in [0.15, 0.2) is 6.20 Å². The number of nitrogens with zero attached hydrogens (tertiary/aromatic N) is 1. The average molecular weight is 286 g/mol. The predicted octanol–water partition coefficient (Wildman–Crippen LogP) is 3.32. The maximum absolute atomic E-state index is 10.8. The van der Waals surface area contributed by atoms with Crippen LogP contribution in [0.1, 0.15) is 41.8 Å². The second-order valence-electron chi connectivity index (χ2n) is 4.64. The Bertz CT molecular complexity index is 414. The molecule has 0 aromatic carbocycles. The maximum atomic E-state index is 10.8. The first-order chi connectivity index (χ1) is 8.65. The number of rotatable bonds is 5. The Morgan fingerprint density at radius 3 is 2.83 bits per heavy atom. The predicted molar refractivity (Wildman–Crippen MR) is 76.9 cm³/mol. The van der Waals surface area contributed by atoms with Crippen LogP contribution >= 0.6 is 23.1 Å². The Kier molecular flexibility index (Phi) is 4.50. The lowest BCUT2D eigenvalue weighted by Gasteiger charge is -2.35. The number of aromatic nitrogens is 1. The fraction of sp³-hybridized carbons (Fsp3) is 0.667. The van der Waals surface area contributed by atoms with Crippen LogP contribution in [0.2, 0.25) is 0 Å². The van der Waals surface area contributed by atoms with Crippen molar-refractivity contribution < 1.29 is 9.90 Å². The summed E-state index contributed by atoms with van der Waals surface area (Å²) in [7, 11) is 0. The van der Waals surface area contributed by atoms with Crippen LogP contribution in [0.4, 0.5) is 5.13 Å². The molecule has 1 aliphatic rings. The summed E-state index contributed by atoms with van der Waals surface area (Å²) in [6.45, 7) is 0.876. The van der Waals surface area contributed by atoms with Gasteiger partial charge in [0.1, 0.15) is 4.88 Å². The van der Waals surface area contributed by atoms with E-state index in [-0.39, 0.29) is 0 Å². The van der Waals surface area contributed by atoms with Crippen LogP contribution in [-0.2, 0) is 0 Å². The smallest absolute Gasteiger partial charge is 0.347 e. The molecule has 0 aliphatic heterocycles. The zero-order chi connectivity index (χ0) is 13.0. The molecular formula is C12H18N2O2S2. The highest BCUT2D eigenvalue weighted by Crippen LogP contribution is 2.38. The number of carboxylic acids is 1. The maximum Gasteiger partial charge on any atom is 0.347 e. The second kappa shape index (κ2) is 5.93. The van der Waals surface area contributed by atoms with Crippen LogP contribution in [-0.4, -0.2) is 33.6 Å². The molecule has 1 aliphatic carbocycles. The molecule has 0 unspecified atom stereocenters. The average Bonchev–Trinajstić information content (AvgIpc) is 2.87. The standard InChI is InChI=1S/C12H18N2O2S2/c1-17-12(5-3-2-4-6-12)8-14-11-13-7-9(18-11)10(15)16/h7H,2-6,8H2,1H3,(H,13,14)(H,15,16). The highest BCUT2D eigenvalue weighted by molar-refractivity contribution is 8.00. The van der Waals surface area contributed by atoms with E-state index in [4.69, 9.17) is 5.11 Å². The lowest BCUT2D eigenvalue weighted by molar-refractivity contribution is 0.0702. The van der Waals surface area contributed by atoms with Gasteiger partial charge in [0.05, 0.1) is 6.20 Å². The Labute approximate surface area is 115 Å². The van der Waals surface area contributed by atoms with Gasteiger partial charge in [-0.25, -0.2) is 9.78 Å². The van der Waals surface area contributed by atoms with Crippen molar-refractivity contribution in [3.05, 3.63) is 11.1 Å². The molecule has 18 heavy (non-hydrogen) atoms. The zero-order valence-corrected chi connectivity index (χ0v) is 12.1. The molecule has 0 bridgehead atoms. The van der Waals surface area contributed by atoms with E-state index in [9.17, 15) is 4.79 Å². The lowest BCUT2D eigenvalue weighted by atomic mass is 9.88. The molecule has 1 saturated carbocycles. The molecule has 100 valence electrons. The minimum atomic E-state index is -0.905. The van der Waals surface area contributed by atoms with Crippen LogP contribution in [0.25, 0.3) is 0 Å². The van der Waals surface area contributed by atoms with Crippen molar-refractivity contribution >= 4 is 34.2 Å². The van der Waals surface area contributed by atoms with E-state index in [1.165, 1.54) is 49.6 Å². The van der Waals surface area contributed by atoms with Crippen molar-refractivity contribution in [3.8, 4) is 0 Å². The van der Waals surface area contributed by atoms with Crippen molar-refractivity contribution in [2.45, 2.75) is 36.9 Å². The Morgan fingerprint density at radius 1 is 1.56 bits per heavy atom. The summed E-state index contributed by atoms with van der Waals surface area (Å²) in [5, 5.41) is 12.9. The van der Waals surface area contributed by atoms with Crippen LogP contribution in [0.5, 0.6) is 0 Å². The number of carbonyl (C=O) groups is 1. The normalized spacial score (nSPS) is 18.5. The van der Waals surface area contributed by atoms with E-state index in [0.717, 1.165) is 6.54 Å². The van der Waals surface area contributed by atoms with Gasteiger partial charge in [-0.15, -0.1) is 0 Å². The first-order valence-corrected chi connectivity index (χ1v) is 8.17. The molecule has 0 radical (unpaired) electrons. The van der Waals surface area contributed by atoms with Crippen LogP contribution < -0.4 is 5.32 Å². The summed E-state index contributed by atoms with van der Waals surface area (Å²) in [5.41, 5.74) is 0. The van der Waals surface area contributed by atoms with Gasteiger partial charge >= 0.3 is 5.97 Å². The number of thiazole rings is 1. The SMILES string of the molecule is CSC1(CNc2ncc(C(=O)O)s2)CCCCC1. The quantitative estimate of drug-likeness (QED) is 0.869. The number of aromatic carboxylic acids is 1. The first-order valence-electron chi connectivity index (χ1n) is 6.13. The summed E-state index contributed by atoms with van der Waals surface area (Å²) < 4.78 is 0.299. The fourth-order valence-electron chi connectivity index (χ4n) is 2.34. The van der Waals surface area contributed by atoms with Gasteiger partial charge in [0.2, 0.25) is 0 Å². The molecule has 2 rings (SSSR count). The minimum Gasteiger partial charge on any atom is -0.477 e. The van der Waals surface area contributed by atoms with Gasteiger partial charge in [-0.05, 0) is 19.1 Å².